The van der Waals surface area contributed by atoms with Crippen molar-refractivity contribution >= 4 is 131 Å². The molecule has 20 rings (SSSR count). The second-order valence-corrected chi connectivity index (χ2v) is 23.6. The molecule has 14 aromatic carbocycles. The lowest BCUT2D eigenvalue weighted by molar-refractivity contribution is 1.13. The average molecular weight is 1150 g/mol. The second-order valence-electron chi connectivity index (χ2n) is 23.6. The molecule has 420 valence electrons. The summed E-state index contributed by atoms with van der Waals surface area (Å²) in [5.74, 6) is 0. The van der Waals surface area contributed by atoms with Crippen LogP contribution < -0.4 is 0 Å². The molecule has 6 heterocycles. The third-order valence-electron chi connectivity index (χ3n) is 18.8. The Morgan fingerprint density at radius 1 is 0.111 bits per heavy atom. The summed E-state index contributed by atoms with van der Waals surface area (Å²) < 4.78 is 14.4. The van der Waals surface area contributed by atoms with Crippen molar-refractivity contribution in [3.63, 3.8) is 0 Å². The van der Waals surface area contributed by atoms with E-state index in [-0.39, 0.29) is 0 Å². The number of hydrogen-bond donors (Lipinski definition) is 0. The zero-order chi connectivity index (χ0) is 59.0. The minimum absolute atomic E-state index is 1.15. The molecule has 0 saturated heterocycles. The van der Waals surface area contributed by atoms with Gasteiger partial charge in [0.05, 0.1) is 66.2 Å². The Kier molecular flexibility index (Phi) is 11.0. The first-order valence-electron chi connectivity index (χ1n) is 30.9. The smallest absolute Gasteiger partial charge is 0.0548 e. The quantitative estimate of drug-likeness (QED) is 0.159. The number of rotatable bonds is 6. The van der Waals surface area contributed by atoms with Crippen LogP contribution in [0, 0.1) is 0 Å². The predicted octanol–water partition coefficient (Wildman–Crippen LogP) is 22.0. The highest BCUT2D eigenvalue weighted by Crippen LogP contribution is 2.43. The molecule has 0 radical (unpaired) electrons. The van der Waals surface area contributed by atoms with E-state index < -0.39 is 0 Å². The lowest BCUT2D eigenvalue weighted by atomic mass is 10.1. The van der Waals surface area contributed by atoms with E-state index in [2.05, 4.69) is 355 Å². The minimum Gasteiger partial charge on any atom is -0.309 e. The van der Waals surface area contributed by atoms with E-state index in [0.29, 0.717) is 0 Å². The second kappa shape index (κ2) is 19.7. The van der Waals surface area contributed by atoms with E-state index in [1.807, 2.05) is 0 Å². The van der Waals surface area contributed by atoms with E-state index in [1.165, 1.54) is 142 Å². The van der Waals surface area contributed by atoms with E-state index in [4.69, 9.17) is 0 Å². The maximum Gasteiger partial charge on any atom is 0.0548 e. The standard InChI is InChI=1S/2C42H27N3/c1-2-13-28(14-3-1)43-39-23-10-6-19-33(39)35-27-42-36(26-41(35)43)34-20-7-11-24-40(34)45(42)30-16-12-15-29(25-30)44-37-21-8-4-17-31(37)32-18-5-9-22-38(32)44;1-2-12-28(13-3-1)44-39-20-10-6-16-33(39)35-27-42-36(26-41(35)44)34-17-7-11-21-40(34)45(42)30-24-22-29(23-25-30)43-37-18-8-4-14-31(37)32-15-5-9-19-38(32)43/h2*1-27H. The van der Waals surface area contributed by atoms with Gasteiger partial charge in [-0.1, -0.05) is 188 Å². The summed E-state index contributed by atoms with van der Waals surface area (Å²) in [4.78, 5) is 0. The molecule has 20 aromatic rings. The topological polar surface area (TPSA) is 29.6 Å². The lowest BCUT2D eigenvalue weighted by Crippen LogP contribution is -1.98. The van der Waals surface area contributed by atoms with Crippen LogP contribution in [0.2, 0.25) is 0 Å². The van der Waals surface area contributed by atoms with Gasteiger partial charge in [0.1, 0.15) is 0 Å². The molecular formula is C84H54N6. The van der Waals surface area contributed by atoms with Crippen LogP contribution in [0.1, 0.15) is 0 Å². The highest BCUT2D eigenvalue weighted by atomic mass is 15.0. The van der Waals surface area contributed by atoms with Crippen LogP contribution in [-0.2, 0) is 0 Å². The normalized spacial score (nSPS) is 12.0. The molecule has 0 unspecified atom stereocenters. The van der Waals surface area contributed by atoms with Crippen LogP contribution in [0.25, 0.3) is 165 Å². The molecule has 0 spiro atoms. The predicted molar refractivity (Wildman–Crippen MR) is 379 cm³/mol. The Hall–Kier alpha value is -12.1. The number of nitrogens with zero attached hydrogens (tertiary/aromatic N) is 6. The zero-order valence-corrected chi connectivity index (χ0v) is 48.9. The number of hydrogen-bond acceptors (Lipinski definition) is 0. The van der Waals surface area contributed by atoms with Gasteiger partial charge in [0, 0.05) is 98.8 Å². The van der Waals surface area contributed by atoms with Gasteiger partial charge in [0.25, 0.3) is 0 Å². The molecule has 0 saturated carbocycles. The Morgan fingerprint density at radius 3 is 0.556 bits per heavy atom. The fourth-order valence-electron chi connectivity index (χ4n) is 15.1. The van der Waals surface area contributed by atoms with Crippen molar-refractivity contribution in [1.82, 2.24) is 27.4 Å². The first kappa shape index (κ1) is 50.1. The van der Waals surface area contributed by atoms with Crippen molar-refractivity contribution in [1.29, 1.82) is 0 Å². The summed E-state index contributed by atoms with van der Waals surface area (Å²) >= 11 is 0. The Morgan fingerprint density at radius 2 is 0.289 bits per heavy atom. The molecule has 0 atom stereocenters. The van der Waals surface area contributed by atoms with Crippen LogP contribution in [0.3, 0.4) is 0 Å². The van der Waals surface area contributed by atoms with Gasteiger partial charge in [0.2, 0.25) is 0 Å². The molecule has 0 aliphatic rings. The third kappa shape index (κ3) is 7.39. The van der Waals surface area contributed by atoms with E-state index in [9.17, 15) is 0 Å². The molecule has 6 heteroatoms. The maximum atomic E-state index is 2.44. The summed E-state index contributed by atoms with van der Waals surface area (Å²) in [5.41, 5.74) is 21.5. The SMILES string of the molecule is c1ccc(-n2c3ccccc3c3cc4c(cc32)c2ccccc2n4-c2ccc(-n3c4ccccc4c4ccccc43)cc2)cc1.c1ccc(-n2c3ccccc3c3cc4c(cc32)c2ccccc2n4-c2cccc(-n3c4ccccc4c4ccccc43)c2)cc1. The lowest BCUT2D eigenvalue weighted by Gasteiger charge is -2.13. The Bertz CT molecular complexity index is 6160. The van der Waals surface area contributed by atoms with Gasteiger partial charge in [-0.05, 0) is 140 Å². The molecule has 90 heavy (non-hydrogen) atoms. The minimum atomic E-state index is 1.15. The largest absolute Gasteiger partial charge is 0.309 e. The van der Waals surface area contributed by atoms with Gasteiger partial charge in [0.15, 0.2) is 0 Å². The van der Waals surface area contributed by atoms with Crippen LogP contribution in [0.4, 0.5) is 0 Å². The number of aromatic nitrogens is 6. The molecule has 0 aliphatic carbocycles. The summed E-state index contributed by atoms with van der Waals surface area (Å²) in [5, 5.41) is 15.1. The van der Waals surface area contributed by atoms with Crippen molar-refractivity contribution in [2.45, 2.75) is 0 Å². The average Bonchev–Trinajstić information content (AvgIpc) is 1.62. The first-order valence-corrected chi connectivity index (χ1v) is 30.9. The van der Waals surface area contributed by atoms with E-state index in [1.54, 1.807) is 0 Å². The fourth-order valence-corrected chi connectivity index (χ4v) is 15.1. The number of benzene rings is 14. The van der Waals surface area contributed by atoms with Gasteiger partial charge in [-0.15, -0.1) is 0 Å². The van der Waals surface area contributed by atoms with Gasteiger partial charge >= 0.3 is 0 Å². The van der Waals surface area contributed by atoms with Gasteiger partial charge in [-0.25, -0.2) is 0 Å². The van der Waals surface area contributed by atoms with Crippen LogP contribution in [0.5, 0.6) is 0 Å². The molecule has 0 aliphatic heterocycles. The third-order valence-corrected chi connectivity index (χ3v) is 18.8. The summed E-state index contributed by atoms with van der Waals surface area (Å²) in [7, 11) is 0. The molecule has 0 amide bonds. The Balaban J connectivity index is 0.000000130. The molecule has 6 nitrogen and oxygen atoms in total. The van der Waals surface area contributed by atoms with E-state index >= 15 is 0 Å². The first-order chi connectivity index (χ1) is 44.7. The van der Waals surface area contributed by atoms with Crippen LogP contribution in [0.15, 0.2) is 328 Å². The summed E-state index contributed by atoms with van der Waals surface area (Å²) in [6.07, 6.45) is 0. The van der Waals surface area contributed by atoms with Crippen molar-refractivity contribution in [3.8, 4) is 34.1 Å². The number of para-hydroxylation sites is 10. The monoisotopic (exact) mass is 1150 g/mol. The maximum absolute atomic E-state index is 2.44. The highest BCUT2D eigenvalue weighted by molar-refractivity contribution is 6.21. The van der Waals surface area contributed by atoms with Crippen molar-refractivity contribution in [2.24, 2.45) is 0 Å². The fraction of sp³-hybridized carbons (Fsp3) is 0. The molecule has 0 bridgehead atoms. The molecular weight excluding hydrogens is 1090 g/mol. The zero-order valence-electron chi connectivity index (χ0n) is 48.9. The van der Waals surface area contributed by atoms with Crippen molar-refractivity contribution in [2.75, 3.05) is 0 Å². The number of fused-ring (bicyclic) bond motifs is 18. The van der Waals surface area contributed by atoms with Gasteiger partial charge in [-0.2, -0.15) is 0 Å². The van der Waals surface area contributed by atoms with Crippen LogP contribution in [-0.4, -0.2) is 27.4 Å². The Labute approximate surface area is 517 Å². The van der Waals surface area contributed by atoms with Crippen molar-refractivity contribution < 1.29 is 0 Å². The molecule has 0 N–H and O–H groups in total. The van der Waals surface area contributed by atoms with Crippen molar-refractivity contribution in [3.05, 3.63) is 328 Å². The van der Waals surface area contributed by atoms with Gasteiger partial charge < -0.3 is 27.4 Å². The van der Waals surface area contributed by atoms with E-state index in [0.717, 1.165) is 22.7 Å². The van der Waals surface area contributed by atoms with Gasteiger partial charge in [-0.3, -0.25) is 0 Å². The van der Waals surface area contributed by atoms with Crippen LogP contribution >= 0.6 is 0 Å². The highest BCUT2D eigenvalue weighted by Gasteiger charge is 2.22. The summed E-state index contributed by atoms with van der Waals surface area (Å²) in [6.45, 7) is 0. The molecule has 6 aromatic heterocycles. The molecule has 0 fully saturated rings. The summed E-state index contributed by atoms with van der Waals surface area (Å²) in [6, 6.07) is 119.